The standard InChI is InChI=1S/C11H16O/c1-9-5-4-7-11(2,3)10(9)6-8-12/h5-6,10H,4,7H2,1-3H3. The molecule has 0 saturated carbocycles. The lowest BCUT2D eigenvalue weighted by Crippen LogP contribution is -2.26. The zero-order valence-electron chi connectivity index (χ0n) is 8.05. The summed E-state index contributed by atoms with van der Waals surface area (Å²) in [5.74, 6) is 2.20. The van der Waals surface area contributed by atoms with Gasteiger partial charge in [-0.15, -0.1) is 0 Å². The second-order valence-corrected chi connectivity index (χ2v) is 4.24. The van der Waals surface area contributed by atoms with E-state index in [0.717, 1.165) is 12.8 Å². The van der Waals surface area contributed by atoms with Crippen molar-refractivity contribution in [1.82, 2.24) is 0 Å². The summed E-state index contributed by atoms with van der Waals surface area (Å²) in [6.07, 6.45) is 6.18. The monoisotopic (exact) mass is 164 g/mol. The van der Waals surface area contributed by atoms with Crippen molar-refractivity contribution >= 4 is 5.94 Å². The first-order valence-corrected chi connectivity index (χ1v) is 4.45. The number of rotatable bonds is 1. The van der Waals surface area contributed by atoms with Crippen LogP contribution in [0.15, 0.2) is 17.7 Å². The van der Waals surface area contributed by atoms with E-state index in [0.29, 0.717) is 5.92 Å². The van der Waals surface area contributed by atoms with Crippen molar-refractivity contribution in [2.24, 2.45) is 11.3 Å². The van der Waals surface area contributed by atoms with Crippen molar-refractivity contribution in [2.75, 3.05) is 0 Å². The van der Waals surface area contributed by atoms with E-state index in [1.807, 2.05) is 5.94 Å². The molecule has 0 spiro atoms. The first-order chi connectivity index (χ1) is 5.58. The summed E-state index contributed by atoms with van der Waals surface area (Å²) in [5.41, 5.74) is 1.55. The van der Waals surface area contributed by atoms with E-state index in [9.17, 15) is 4.79 Å². The van der Waals surface area contributed by atoms with Gasteiger partial charge < -0.3 is 0 Å². The van der Waals surface area contributed by atoms with E-state index in [2.05, 4.69) is 26.8 Å². The fourth-order valence-electron chi connectivity index (χ4n) is 2.00. The van der Waals surface area contributed by atoms with Crippen molar-refractivity contribution in [1.29, 1.82) is 0 Å². The van der Waals surface area contributed by atoms with Crippen molar-refractivity contribution in [3.63, 3.8) is 0 Å². The molecule has 0 aromatic carbocycles. The molecule has 0 aromatic rings. The molecule has 1 rings (SSSR count). The van der Waals surface area contributed by atoms with Gasteiger partial charge in [-0.25, -0.2) is 4.79 Å². The van der Waals surface area contributed by atoms with Crippen LogP contribution in [-0.2, 0) is 4.79 Å². The molecule has 0 aliphatic heterocycles. The topological polar surface area (TPSA) is 17.1 Å². The smallest absolute Gasteiger partial charge is 0.120 e. The first-order valence-electron chi connectivity index (χ1n) is 4.45. The highest BCUT2D eigenvalue weighted by molar-refractivity contribution is 5.48. The van der Waals surface area contributed by atoms with Crippen LogP contribution in [0.3, 0.4) is 0 Å². The molecule has 12 heavy (non-hydrogen) atoms. The molecular formula is C11H16O. The molecule has 1 heteroatoms. The molecule has 66 valence electrons. The van der Waals surface area contributed by atoms with E-state index in [-0.39, 0.29) is 5.41 Å². The summed E-state index contributed by atoms with van der Waals surface area (Å²) < 4.78 is 0. The second kappa shape index (κ2) is 3.28. The molecule has 0 heterocycles. The summed E-state index contributed by atoms with van der Waals surface area (Å²) in [4.78, 5) is 10.3. The molecule has 0 amide bonds. The fourth-order valence-corrected chi connectivity index (χ4v) is 2.00. The van der Waals surface area contributed by atoms with Crippen LogP contribution >= 0.6 is 0 Å². The maximum atomic E-state index is 10.3. The molecule has 0 radical (unpaired) electrons. The summed E-state index contributed by atoms with van der Waals surface area (Å²) in [6, 6.07) is 0. The zero-order valence-corrected chi connectivity index (χ0v) is 8.05. The lowest BCUT2D eigenvalue weighted by Gasteiger charge is -2.35. The van der Waals surface area contributed by atoms with Crippen LogP contribution in [0.5, 0.6) is 0 Å². The molecule has 1 atom stereocenters. The predicted octanol–water partition coefficient (Wildman–Crippen LogP) is 2.76. The van der Waals surface area contributed by atoms with Gasteiger partial charge >= 0.3 is 0 Å². The van der Waals surface area contributed by atoms with Crippen molar-refractivity contribution < 1.29 is 4.79 Å². The Morgan fingerprint density at radius 1 is 1.67 bits per heavy atom. The van der Waals surface area contributed by atoms with Crippen LogP contribution in [0, 0.1) is 11.3 Å². The molecule has 1 aliphatic carbocycles. The Hall–Kier alpha value is -0.810. The van der Waals surface area contributed by atoms with Crippen molar-refractivity contribution in [2.45, 2.75) is 33.6 Å². The molecule has 1 nitrogen and oxygen atoms in total. The molecule has 0 saturated heterocycles. The van der Waals surface area contributed by atoms with Gasteiger partial charge in [-0.2, -0.15) is 0 Å². The van der Waals surface area contributed by atoms with Gasteiger partial charge in [0.2, 0.25) is 0 Å². The Morgan fingerprint density at radius 2 is 2.33 bits per heavy atom. The molecule has 0 aromatic heterocycles. The third-order valence-corrected chi connectivity index (χ3v) is 2.82. The van der Waals surface area contributed by atoms with E-state index < -0.39 is 0 Å². The Balaban J connectivity index is 2.95. The van der Waals surface area contributed by atoms with E-state index in [1.165, 1.54) is 5.57 Å². The fraction of sp³-hybridized carbons (Fsp3) is 0.636. The summed E-state index contributed by atoms with van der Waals surface area (Å²) in [7, 11) is 0. The van der Waals surface area contributed by atoms with Crippen LogP contribution in [0.1, 0.15) is 33.6 Å². The van der Waals surface area contributed by atoms with Gasteiger partial charge in [0.25, 0.3) is 0 Å². The summed E-state index contributed by atoms with van der Waals surface area (Å²) in [6.45, 7) is 6.52. The molecule has 1 aliphatic rings. The van der Waals surface area contributed by atoms with Crippen LogP contribution in [0.4, 0.5) is 0 Å². The highest BCUT2D eigenvalue weighted by atomic mass is 16.1. The Bertz CT molecular complexity index is 242. The number of carbonyl (C=O) groups excluding carboxylic acids is 1. The molecular weight excluding hydrogens is 148 g/mol. The van der Waals surface area contributed by atoms with Gasteiger partial charge in [-0.1, -0.05) is 25.5 Å². The molecule has 0 fully saturated rings. The van der Waals surface area contributed by atoms with E-state index in [4.69, 9.17) is 0 Å². The SMILES string of the molecule is CC1=CCCC(C)(C)C1C=C=O. The average Bonchev–Trinajstić information content (AvgIpc) is 1.97. The Morgan fingerprint density at radius 3 is 2.83 bits per heavy atom. The van der Waals surface area contributed by atoms with Gasteiger partial charge in [0.15, 0.2) is 0 Å². The van der Waals surface area contributed by atoms with Crippen LogP contribution in [-0.4, -0.2) is 5.94 Å². The largest absolute Gasteiger partial charge is 0.234 e. The minimum absolute atomic E-state index is 0.232. The minimum Gasteiger partial charge on any atom is -0.234 e. The van der Waals surface area contributed by atoms with Gasteiger partial charge in [-0.05, 0) is 25.2 Å². The van der Waals surface area contributed by atoms with E-state index >= 15 is 0 Å². The Labute approximate surface area is 74.2 Å². The highest BCUT2D eigenvalue weighted by Crippen LogP contribution is 2.40. The summed E-state index contributed by atoms with van der Waals surface area (Å²) >= 11 is 0. The highest BCUT2D eigenvalue weighted by Gasteiger charge is 2.30. The first kappa shape index (κ1) is 9.28. The van der Waals surface area contributed by atoms with Gasteiger partial charge in [0.05, 0.1) is 0 Å². The number of hydrogen-bond acceptors (Lipinski definition) is 1. The second-order valence-electron chi connectivity index (χ2n) is 4.24. The molecule has 0 N–H and O–H groups in total. The van der Waals surface area contributed by atoms with Gasteiger partial charge in [0.1, 0.15) is 5.94 Å². The number of hydrogen-bond donors (Lipinski definition) is 0. The van der Waals surface area contributed by atoms with Gasteiger partial charge in [0, 0.05) is 12.0 Å². The average molecular weight is 164 g/mol. The van der Waals surface area contributed by atoms with Crippen molar-refractivity contribution in [3.05, 3.63) is 17.7 Å². The minimum atomic E-state index is 0.232. The van der Waals surface area contributed by atoms with Crippen LogP contribution in [0.25, 0.3) is 0 Å². The lowest BCUT2D eigenvalue weighted by atomic mass is 9.69. The van der Waals surface area contributed by atoms with Crippen LogP contribution < -0.4 is 0 Å². The zero-order chi connectivity index (χ0) is 9.19. The third-order valence-electron chi connectivity index (χ3n) is 2.82. The molecule has 1 unspecified atom stereocenters. The van der Waals surface area contributed by atoms with Crippen molar-refractivity contribution in [3.8, 4) is 0 Å². The normalized spacial score (nSPS) is 27.2. The van der Waals surface area contributed by atoms with E-state index in [1.54, 1.807) is 6.08 Å². The van der Waals surface area contributed by atoms with Crippen LogP contribution in [0.2, 0.25) is 0 Å². The Kier molecular flexibility index (Phi) is 2.54. The molecule has 0 bridgehead atoms. The quantitative estimate of drug-likeness (QED) is 0.430. The maximum absolute atomic E-state index is 10.3. The van der Waals surface area contributed by atoms with Gasteiger partial charge in [-0.3, -0.25) is 0 Å². The maximum Gasteiger partial charge on any atom is 0.120 e. The summed E-state index contributed by atoms with van der Waals surface area (Å²) in [5, 5.41) is 0. The predicted molar refractivity (Wildman–Crippen MR) is 50.5 cm³/mol. The lowest BCUT2D eigenvalue weighted by molar-refractivity contribution is 0.256. The third kappa shape index (κ3) is 1.67. The number of allylic oxidation sites excluding steroid dienone is 3.